The van der Waals surface area contributed by atoms with Gasteiger partial charge in [0.05, 0.1) is 12.6 Å². The number of amides is 3. The number of aliphatic hydroxyl groups is 1. The number of aliphatic hydroxyl groups excluding tert-OH is 1. The number of nitrogens with zero attached hydrogens (tertiary/aromatic N) is 3. The minimum Gasteiger partial charge on any atom is -0.394 e. The average molecular weight is 671 g/mol. The van der Waals surface area contributed by atoms with Crippen molar-refractivity contribution in [1.29, 1.82) is 0 Å². The smallest absolute Gasteiger partial charge is 0.246 e. The van der Waals surface area contributed by atoms with Gasteiger partial charge in [-0.05, 0) is 83.5 Å². The number of likely N-dealkylation sites (tertiary alicyclic amines) is 3. The lowest BCUT2D eigenvalue weighted by Gasteiger charge is -2.40. The summed E-state index contributed by atoms with van der Waals surface area (Å²) in [6.45, 7) is 18.6. The molecule has 3 amide bonds. The highest BCUT2D eigenvalue weighted by atomic mass is 31.0. The molecule has 3 fully saturated rings. The summed E-state index contributed by atoms with van der Waals surface area (Å²) >= 11 is 0. The molecule has 2 N–H and O–H groups in total. The van der Waals surface area contributed by atoms with Crippen LogP contribution in [0.1, 0.15) is 140 Å². The Kier molecular flexibility index (Phi) is 19.1. The Balaban J connectivity index is 0.00000129. The largest absolute Gasteiger partial charge is 0.394 e. The van der Waals surface area contributed by atoms with Gasteiger partial charge in [0, 0.05) is 45.0 Å². The van der Waals surface area contributed by atoms with Gasteiger partial charge in [0.25, 0.3) is 0 Å². The van der Waals surface area contributed by atoms with Crippen molar-refractivity contribution < 1.29 is 25.7 Å². The Hall–Kier alpha value is -1.57. The summed E-state index contributed by atoms with van der Waals surface area (Å²) < 4.78 is 0. The SMILES string of the molecule is CCC(C)CCC(=O)N1CCCC1C(=O)N1CCCCC1C(=O)N1CCCC1C(=O)C(C)C.CCC(CC)NC(C)(CC)CO.P.[HH]. The number of piperidine rings is 1. The van der Waals surface area contributed by atoms with Crippen molar-refractivity contribution in [2.75, 3.05) is 26.2 Å². The standard InChI is InChI=1S/C26H43N3O4.C10H23NO.H3P.H2/c1-5-19(4)13-14-23(30)27-16-9-12-21(27)25(32)29-15-7-6-10-22(29)26(33)28-17-8-11-20(28)24(31)18(2)3;1-5-9(6-2)11-10(4,7-3)8-12;;/h18-22H,5-17H2,1-4H3;9,11-12H,5-8H2,1-4H3;1H3;1H. The van der Waals surface area contributed by atoms with Gasteiger partial charge in [-0.15, -0.1) is 0 Å². The predicted molar refractivity (Wildman–Crippen MR) is 194 cm³/mol. The van der Waals surface area contributed by atoms with E-state index in [1.54, 1.807) is 14.7 Å². The molecule has 0 radical (unpaired) electrons. The van der Waals surface area contributed by atoms with E-state index in [0.717, 1.165) is 57.8 Å². The Labute approximate surface area is 285 Å². The fraction of sp³-hybridized carbons (Fsp3) is 0.889. The number of carbonyl (C=O) groups is 4. The van der Waals surface area contributed by atoms with E-state index in [9.17, 15) is 19.2 Å². The molecule has 46 heavy (non-hydrogen) atoms. The van der Waals surface area contributed by atoms with Gasteiger partial charge in [0.15, 0.2) is 5.78 Å². The van der Waals surface area contributed by atoms with Gasteiger partial charge >= 0.3 is 0 Å². The van der Waals surface area contributed by atoms with Crippen LogP contribution in [-0.2, 0) is 19.2 Å². The van der Waals surface area contributed by atoms with Crippen molar-refractivity contribution in [3.05, 3.63) is 0 Å². The maximum atomic E-state index is 13.7. The Morgan fingerprint density at radius 1 is 0.783 bits per heavy atom. The molecule has 0 aliphatic carbocycles. The fourth-order valence-electron chi connectivity index (χ4n) is 6.83. The van der Waals surface area contributed by atoms with Gasteiger partial charge < -0.3 is 25.1 Å². The third-order valence-electron chi connectivity index (χ3n) is 10.6. The zero-order chi connectivity index (χ0) is 33.7. The van der Waals surface area contributed by atoms with E-state index < -0.39 is 12.1 Å². The minimum atomic E-state index is -0.510. The Morgan fingerprint density at radius 3 is 1.80 bits per heavy atom. The molecular weight excluding hydrogens is 599 g/mol. The Morgan fingerprint density at radius 2 is 1.28 bits per heavy atom. The van der Waals surface area contributed by atoms with Gasteiger partial charge in [-0.25, -0.2) is 0 Å². The lowest BCUT2D eigenvalue weighted by atomic mass is 9.96. The van der Waals surface area contributed by atoms with Crippen molar-refractivity contribution in [2.45, 2.75) is 169 Å². The molecule has 0 spiro atoms. The summed E-state index contributed by atoms with van der Waals surface area (Å²) in [6.07, 6.45) is 11.1. The van der Waals surface area contributed by atoms with Crippen LogP contribution in [0.4, 0.5) is 0 Å². The first kappa shape index (κ1) is 42.5. The van der Waals surface area contributed by atoms with E-state index in [2.05, 4.69) is 46.9 Å². The molecule has 3 saturated heterocycles. The molecule has 6 atom stereocenters. The first-order valence-corrected chi connectivity index (χ1v) is 18.2. The van der Waals surface area contributed by atoms with Crippen LogP contribution in [0, 0.1) is 11.8 Å². The third-order valence-corrected chi connectivity index (χ3v) is 10.6. The topological polar surface area (TPSA) is 110 Å². The highest BCUT2D eigenvalue weighted by Crippen LogP contribution is 2.29. The van der Waals surface area contributed by atoms with Crippen molar-refractivity contribution in [2.24, 2.45) is 11.8 Å². The van der Waals surface area contributed by atoms with Crippen molar-refractivity contribution in [3.8, 4) is 0 Å². The third kappa shape index (κ3) is 11.5. The summed E-state index contributed by atoms with van der Waals surface area (Å²) in [6, 6.07) is -0.775. The highest BCUT2D eigenvalue weighted by molar-refractivity contribution is 6.92. The lowest BCUT2D eigenvalue weighted by Crippen LogP contribution is -2.58. The molecule has 9 nitrogen and oxygen atoms in total. The molecule has 0 aromatic rings. The van der Waals surface area contributed by atoms with Gasteiger partial charge in [-0.2, -0.15) is 9.90 Å². The van der Waals surface area contributed by atoms with Crippen LogP contribution in [0.3, 0.4) is 0 Å². The molecule has 3 aliphatic rings. The first-order valence-electron chi connectivity index (χ1n) is 18.2. The maximum absolute atomic E-state index is 13.7. The molecule has 3 aliphatic heterocycles. The van der Waals surface area contributed by atoms with E-state index in [1.807, 2.05) is 13.8 Å². The summed E-state index contributed by atoms with van der Waals surface area (Å²) in [5.74, 6) is 0.412. The molecule has 0 aromatic heterocycles. The summed E-state index contributed by atoms with van der Waals surface area (Å²) in [5, 5.41) is 12.6. The van der Waals surface area contributed by atoms with E-state index in [0.29, 0.717) is 57.3 Å². The number of ketones is 1. The van der Waals surface area contributed by atoms with Crippen LogP contribution in [0.5, 0.6) is 0 Å². The van der Waals surface area contributed by atoms with Crippen molar-refractivity contribution in [3.63, 3.8) is 0 Å². The second-order valence-corrected chi connectivity index (χ2v) is 14.3. The molecule has 3 rings (SSSR count). The van der Waals surface area contributed by atoms with Crippen molar-refractivity contribution in [1.82, 2.24) is 20.0 Å². The van der Waals surface area contributed by atoms with E-state index in [-0.39, 0.29) is 58.9 Å². The zero-order valence-corrected chi connectivity index (χ0v) is 32.0. The molecule has 10 heteroatoms. The molecule has 0 bridgehead atoms. The number of nitrogens with one attached hydrogen (secondary N) is 1. The molecule has 3 heterocycles. The minimum absolute atomic E-state index is 0. The number of Topliss-reactive ketones (excluding diaryl/α,β-unsaturated/α-hetero) is 1. The second kappa shape index (κ2) is 20.7. The molecule has 0 aromatic carbocycles. The van der Waals surface area contributed by atoms with Crippen LogP contribution >= 0.6 is 9.90 Å². The fourth-order valence-corrected chi connectivity index (χ4v) is 6.83. The molecule has 6 unspecified atom stereocenters. The van der Waals surface area contributed by atoms with Crippen molar-refractivity contribution >= 4 is 33.4 Å². The maximum Gasteiger partial charge on any atom is 0.246 e. The van der Waals surface area contributed by atoms with Crippen LogP contribution in [-0.4, -0.2) is 99.3 Å². The molecule has 270 valence electrons. The molecule has 0 saturated carbocycles. The van der Waals surface area contributed by atoms with E-state index in [1.165, 1.54) is 0 Å². The van der Waals surface area contributed by atoms with Crippen LogP contribution < -0.4 is 5.32 Å². The first-order chi connectivity index (χ1) is 21.4. The monoisotopic (exact) mass is 671 g/mol. The normalized spacial score (nSPS) is 23.5. The van der Waals surface area contributed by atoms with Crippen LogP contribution in [0.2, 0.25) is 0 Å². The summed E-state index contributed by atoms with van der Waals surface area (Å²) in [5.41, 5.74) is -0.0866. The average Bonchev–Trinajstić information content (AvgIpc) is 3.76. The predicted octanol–water partition coefficient (Wildman–Crippen LogP) is 5.63. The van der Waals surface area contributed by atoms with Gasteiger partial charge in [0.2, 0.25) is 17.7 Å². The zero-order valence-electron chi connectivity index (χ0n) is 30.6. The second-order valence-electron chi connectivity index (χ2n) is 14.3. The number of carbonyl (C=O) groups excluding carboxylic acids is 4. The van der Waals surface area contributed by atoms with E-state index >= 15 is 0 Å². The highest BCUT2D eigenvalue weighted by Gasteiger charge is 2.44. The quantitative estimate of drug-likeness (QED) is 0.232. The number of hydrogen-bond acceptors (Lipinski definition) is 6. The van der Waals surface area contributed by atoms with E-state index in [4.69, 9.17) is 5.11 Å². The van der Waals surface area contributed by atoms with Gasteiger partial charge in [0.1, 0.15) is 12.1 Å². The van der Waals surface area contributed by atoms with Crippen LogP contribution in [0.25, 0.3) is 0 Å². The number of hydrogen-bond donors (Lipinski definition) is 2. The summed E-state index contributed by atoms with van der Waals surface area (Å²) in [7, 11) is 0. The summed E-state index contributed by atoms with van der Waals surface area (Å²) in [4.78, 5) is 58.1. The number of rotatable bonds is 14. The lowest BCUT2D eigenvalue weighted by molar-refractivity contribution is -0.154. The van der Waals surface area contributed by atoms with Crippen LogP contribution in [0.15, 0.2) is 0 Å². The Bertz CT molecular complexity index is 962. The van der Waals surface area contributed by atoms with Gasteiger partial charge in [-0.3, -0.25) is 19.2 Å². The van der Waals surface area contributed by atoms with Gasteiger partial charge in [-0.1, -0.05) is 54.9 Å². The molecular formula is C36H71N4O5P.